The number of hydrogen-bond donors (Lipinski definition) is 1. The molecule has 2 fully saturated rings. The van der Waals surface area contributed by atoms with Crippen LogP contribution in [0.2, 0.25) is 0 Å². The Morgan fingerprint density at radius 1 is 1.50 bits per heavy atom. The molecular formula is C13H20NO2PS. The fourth-order valence-corrected chi connectivity index (χ4v) is 6.46. The average Bonchev–Trinajstić information content (AvgIpc) is 2.79. The highest BCUT2D eigenvalue weighted by atomic mass is 32.1. The molecule has 2 aliphatic rings. The van der Waals surface area contributed by atoms with Crippen molar-refractivity contribution in [3.05, 3.63) is 22.4 Å². The first-order valence-corrected chi connectivity index (χ1v) is 9.94. The zero-order valence-corrected chi connectivity index (χ0v) is 12.4. The summed E-state index contributed by atoms with van der Waals surface area (Å²) in [7, 11) is -2.05. The zero-order valence-electron chi connectivity index (χ0n) is 10.7. The Kier molecular flexibility index (Phi) is 3.39. The molecule has 3 nitrogen and oxygen atoms in total. The molecule has 1 N–H and O–H groups in total. The smallest absolute Gasteiger partial charge is 0.0890 e. The SMILES string of the molecule is C[P@@]1(=O)C[C@@H](O)[C@H](N2CC(Cc3cccs3)C2)C1. The van der Waals surface area contributed by atoms with Crippen molar-refractivity contribution in [3.8, 4) is 0 Å². The topological polar surface area (TPSA) is 40.5 Å². The Morgan fingerprint density at radius 2 is 2.28 bits per heavy atom. The van der Waals surface area contributed by atoms with Crippen LogP contribution in [0.5, 0.6) is 0 Å². The molecule has 1 aromatic heterocycles. The molecular weight excluding hydrogens is 265 g/mol. The summed E-state index contributed by atoms with van der Waals surface area (Å²) in [6, 6.07) is 4.45. The molecule has 18 heavy (non-hydrogen) atoms. The van der Waals surface area contributed by atoms with Gasteiger partial charge in [-0.3, -0.25) is 4.90 Å². The van der Waals surface area contributed by atoms with E-state index in [-0.39, 0.29) is 12.1 Å². The highest BCUT2D eigenvalue weighted by Gasteiger charge is 2.44. The van der Waals surface area contributed by atoms with Gasteiger partial charge in [-0.2, -0.15) is 0 Å². The van der Waals surface area contributed by atoms with Crippen molar-refractivity contribution in [2.75, 3.05) is 32.1 Å². The average molecular weight is 285 g/mol. The zero-order chi connectivity index (χ0) is 12.8. The highest BCUT2D eigenvalue weighted by Crippen LogP contribution is 2.50. The molecule has 0 saturated carbocycles. The van der Waals surface area contributed by atoms with E-state index in [0.717, 1.165) is 19.5 Å². The predicted molar refractivity (Wildman–Crippen MR) is 76.1 cm³/mol. The molecule has 0 radical (unpaired) electrons. The summed E-state index contributed by atoms with van der Waals surface area (Å²) in [4.78, 5) is 3.78. The van der Waals surface area contributed by atoms with Crippen molar-refractivity contribution in [2.24, 2.45) is 5.92 Å². The van der Waals surface area contributed by atoms with E-state index in [9.17, 15) is 9.67 Å². The molecule has 100 valence electrons. The molecule has 0 amide bonds. The minimum Gasteiger partial charge on any atom is -0.391 e. The van der Waals surface area contributed by atoms with Crippen LogP contribution >= 0.6 is 18.5 Å². The number of aliphatic hydroxyl groups excluding tert-OH is 1. The van der Waals surface area contributed by atoms with Crippen LogP contribution in [0.3, 0.4) is 0 Å². The van der Waals surface area contributed by atoms with Gasteiger partial charge in [-0.1, -0.05) is 6.07 Å². The van der Waals surface area contributed by atoms with Crippen LogP contribution in [0.4, 0.5) is 0 Å². The molecule has 0 spiro atoms. The van der Waals surface area contributed by atoms with Crippen LogP contribution in [0.15, 0.2) is 17.5 Å². The second-order valence-corrected chi connectivity index (χ2v) is 10.3. The lowest BCUT2D eigenvalue weighted by molar-refractivity contribution is 0.00779. The molecule has 2 aliphatic heterocycles. The molecule has 3 heterocycles. The molecule has 0 unspecified atom stereocenters. The molecule has 0 bridgehead atoms. The first kappa shape index (κ1) is 12.9. The minimum absolute atomic E-state index is 0.153. The summed E-state index contributed by atoms with van der Waals surface area (Å²) in [5, 5.41) is 12.1. The third kappa shape index (κ3) is 2.57. The first-order chi connectivity index (χ1) is 8.53. The Balaban J connectivity index is 1.52. The molecule has 0 aliphatic carbocycles. The summed E-state index contributed by atoms with van der Waals surface area (Å²) in [6.07, 6.45) is 2.01. The molecule has 5 heteroatoms. The maximum absolute atomic E-state index is 12.0. The van der Waals surface area contributed by atoms with Crippen LogP contribution in [-0.2, 0) is 11.0 Å². The van der Waals surface area contributed by atoms with Gasteiger partial charge in [0.2, 0.25) is 0 Å². The Morgan fingerprint density at radius 3 is 2.83 bits per heavy atom. The number of thiophene rings is 1. The third-order valence-corrected chi connectivity index (χ3v) is 7.31. The third-order valence-electron chi connectivity index (χ3n) is 4.12. The van der Waals surface area contributed by atoms with E-state index in [0.29, 0.717) is 18.2 Å². The Hall–Kier alpha value is -0.150. The van der Waals surface area contributed by atoms with Gasteiger partial charge in [0, 0.05) is 36.3 Å². The van der Waals surface area contributed by atoms with E-state index >= 15 is 0 Å². The van der Waals surface area contributed by atoms with Gasteiger partial charge in [0.05, 0.1) is 13.2 Å². The highest BCUT2D eigenvalue weighted by molar-refractivity contribution is 7.63. The molecule has 3 atom stereocenters. The number of hydrogen-bond acceptors (Lipinski definition) is 4. The Labute approximate surface area is 112 Å². The maximum atomic E-state index is 12.0. The monoisotopic (exact) mass is 285 g/mol. The van der Waals surface area contributed by atoms with Crippen LogP contribution < -0.4 is 0 Å². The van der Waals surface area contributed by atoms with Crippen LogP contribution in [0.1, 0.15) is 4.88 Å². The van der Waals surface area contributed by atoms with Crippen molar-refractivity contribution in [1.82, 2.24) is 4.90 Å². The molecule has 2 saturated heterocycles. The standard InChI is InChI=1S/C13H20NO2PS/c1-17(16)8-12(13(15)9-17)14-6-10(7-14)5-11-3-2-4-18-11/h2-4,10,12-13,15H,5-9H2,1H3/t12-,13-,17+/m1/s1. The normalized spacial score (nSPS) is 37.9. The fourth-order valence-electron chi connectivity index (χ4n) is 3.19. The van der Waals surface area contributed by atoms with E-state index in [2.05, 4.69) is 22.4 Å². The summed E-state index contributed by atoms with van der Waals surface area (Å²) in [6.45, 7) is 3.94. The van der Waals surface area contributed by atoms with Gasteiger partial charge < -0.3 is 9.67 Å². The van der Waals surface area contributed by atoms with Gasteiger partial charge in [-0.25, -0.2) is 0 Å². The molecule has 3 rings (SSSR count). The van der Waals surface area contributed by atoms with E-state index in [1.165, 1.54) is 4.88 Å². The summed E-state index contributed by atoms with van der Waals surface area (Å²) < 4.78 is 12.0. The lowest BCUT2D eigenvalue weighted by Gasteiger charge is -2.44. The van der Waals surface area contributed by atoms with E-state index in [1.807, 2.05) is 18.0 Å². The summed E-state index contributed by atoms with van der Waals surface area (Å²) in [5.74, 6) is 0.715. The van der Waals surface area contributed by atoms with Crippen LogP contribution in [0, 0.1) is 5.92 Å². The number of rotatable bonds is 3. The lowest BCUT2D eigenvalue weighted by Crippen LogP contribution is -2.56. The molecule has 0 aromatic carbocycles. The number of likely N-dealkylation sites (tertiary alicyclic amines) is 1. The second kappa shape index (κ2) is 4.75. The summed E-state index contributed by atoms with van der Waals surface area (Å²) >= 11 is 1.82. The summed E-state index contributed by atoms with van der Waals surface area (Å²) in [5.41, 5.74) is 0. The first-order valence-electron chi connectivity index (χ1n) is 6.53. The Bertz CT molecular complexity index is 456. The van der Waals surface area contributed by atoms with Crippen molar-refractivity contribution >= 4 is 18.5 Å². The van der Waals surface area contributed by atoms with Gasteiger partial charge in [0.15, 0.2) is 0 Å². The van der Waals surface area contributed by atoms with Crippen molar-refractivity contribution in [3.63, 3.8) is 0 Å². The molecule has 1 aromatic rings. The van der Waals surface area contributed by atoms with Crippen LogP contribution in [0.25, 0.3) is 0 Å². The number of nitrogens with zero attached hydrogens (tertiary/aromatic N) is 1. The van der Waals surface area contributed by atoms with E-state index < -0.39 is 7.14 Å². The maximum Gasteiger partial charge on any atom is 0.0890 e. The second-order valence-electron chi connectivity index (χ2n) is 5.90. The van der Waals surface area contributed by atoms with Gasteiger partial charge in [0.1, 0.15) is 0 Å². The minimum atomic E-state index is -2.05. The number of aliphatic hydroxyl groups is 1. The van der Waals surface area contributed by atoms with Gasteiger partial charge >= 0.3 is 0 Å². The predicted octanol–water partition coefficient (Wildman–Crippen LogP) is 1.96. The fraction of sp³-hybridized carbons (Fsp3) is 0.692. The van der Waals surface area contributed by atoms with Gasteiger partial charge in [0.25, 0.3) is 0 Å². The lowest BCUT2D eigenvalue weighted by atomic mass is 9.93. The van der Waals surface area contributed by atoms with Crippen molar-refractivity contribution in [1.29, 1.82) is 0 Å². The van der Waals surface area contributed by atoms with Crippen molar-refractivity contribution < 1.29 is 9.67 Å². The van der Waals surface area contributed by atoms with Gasteiger partial charge in [-0.05, 0) is 30.4 Å². The van der Waals surface area contributed by atoms with Crippen molar-refractivity contribution in [2.45, 2.75) is 18.6 Å². The van der Waals surface area contributed by atoms with E-state index in [4.69, 9.17) is 0 Å². The van der Waals surface area contributed by atoms with E-state index in [1.54, 1.807) is 0 Å². The largest absolute Gasteiger partial charge is 0.391 e. The van der Waals surface area contributed by atoms with Gasteiger partial charge in [-0.15, -0.1) is 11.3 Å². The quantitative estimate of drug-likeness (QED) is 0.863. The van der Waals surface area contributed by atoms with Crippen LogP contribution in [-0.4, -0.2) is 54.2 Å².